The first-order valence-corrected chi connectivity index (χ1v) is 22.4. The summed E-state index contributed by atoms with van der Waals surface area (Å²) in [5.41, 5.74) is 15.2. The first-order chi connectivity index (χ1) is 33.2. The summed E-state index contributed by atoms with van der Waals surface area (Å²) in [5, 5.41) is 29.0. The molecule has 0 bridgehead atoms. The first kappa shape index (κ1) is 38.1. The number of hydrogen-bond donors (Lipinski definition) is 0. The Morgan fingerprint density at radius 1 is 0.313 bits per heavy atom. The molecule has 67 heavy (non-hydrogen) atoms. The molecule has 0 radical (unpaired) electrons. The van der Waals surface area contributed by atoms with Gasteiger partial charge >= 0.3 is 0 Å². The van der Waals surface area contributed by atoms with E-state index in [1.165, 1.54) is 0 Å². The van der Waals surface area contributed by atoms with E-state index in [1.54, 1.807) is 0 Å². The van der Waals surface area contributed by atoms with Crippen molar-refractivity contribution in [3.63, 3.8) is 0 Å². The second kappa shape index (κ2) is 15.1. The smallest absolute Gasteiger partial charge is 0.162 e. The van der Waals surface area contributed by atoms with Gasteiger partial charge in [0, 0.05) is 26.9 Å². The van der Waals surface area contributed by atoms with Gasteiger partial charge in [-0.3, -0.25) is 0 Å². The Balaban J connectivity index is 1.16. The van der Waals surface area contributed by atoms with Crippen molar-refractivity contribution in [2.45, 2.75) is 0 Å². The van der Waals surface area contributed by atoms with Crippen molar-refractivity contribution in [1.82, 2.24) is 9.13 Å². The zero-order chi connectivity index (χ0) is 44.6. The van der Waals surface area contributed by atoms with Gasteiger partial charge in [-0.1, -0.05) is 164 Å². The first-order valence-electron chi connectivity index (χ1n) is 22.4. The molecule has 0 unspecified atom stereocenters. The maximum absolute atomic E-state index is 11.6. The molecule has 310 valence electrons. The largest absolute Gasteiger partial charge is 0.454 e. The molecule has 3 aromatic heterocycles. The quantitative estimate of drug-likeness (QED) is 0.167. The van der Waals surface area contributed by atoms with E-state index in [0.717, 1.165) is 98.9 Å². The van der Waals surface area contributed by atoms with Gasteiger partial charge < -0.3 is 13.6 Å². The summed E-state index contributed by atoms with van der Waals surface area (Å²) in [6, 6.07) is 80.9. The molecule has 0 saturated heterocycles. The summed E-state index contributed by atoms with van der Waals surface area (Å²) in [6.07, 6.45) is 0. The molecule has 5 nitrogen and oxygen atoms in total. The Morgan fingerprint density at radius 3 is 1.01 bits per heavy atom. The van der Waals surface area contributed by atoms with Gasteiger partial charge in [-0.2, -0.15) is 10.5 Å². The van der Waals surface area contributed by atoms with E-state index in [9.17, 15) is 10.5 Å². The number of fused-ring (bicyclic) bond motifs is 9. The van der Waals surface area contributed by atoms with Gasteiger partial charge in [-0.05, 0) is 99.1 Å². The number of furan rings is 1. The number of benzene rings is 10. The molecule has 5 heteroatoms. The summed E-state index contributed by atoms with van der Waals surface area (Å²) < 4.78 is 11.4. The minimum atomic E-state index is 0.235. The van der Waals surface area contributed by atoms with Crippen molar-refractivity contribution in [3.05, 3.63) is 230 Å². The number of rotatable bonds is 6. The highest BCUT2D eigenvalue weighted by molar-refractivity contribution is 6.20. The maximum atomic E-state index is 11.6. The van der Waals surface area contributed by atoms with E-state index in [-0.39, 0.29) is 11.1 Å². The lowest BCUT2D eigenvalue weighted by molar-refractivity contribution is 0.666. The van der Waals surface area contributed by atoms with Crippen molar-refractivity contribution in [1.29, 1.82) is 10.5 Å². The zero-order valence-corrected chi connectivity index (χ0v) is 36.0. The second-order valence-electron chi connectivity index (χ2n) is 17.0. The highest BCUT2D eigenvalue weighted by Gasteiger charge is 2.30. The summed E-state index contributed by atoms with van der Waals surface area (Å²) in [7, 11) is 0. The van der Waals surface area contributed by atoms with Crippen LogP contribution in [0.15, 0.2) is 223 Å². The number of hydrogen-bond acceptors (Lipinski definition) is 3. The predicted molar refractivity (Wildman–Crippen MR) is 274 cm³/mol. The van der Waals surface area contributed by atoms with Crippen LogP contribution in [-0.4, -0.2) is 9.13 Å². The number of nitrogens with zero attached hydrogens (tertiary/aromatic N) is 4. The molecule has 0 N–H and O–H groups in total. The maximum Gasteiger partial charge on any atom is 0.162 e. The van der Waals surface area contributed by atoms with Gasteiger partial charge in [0.15, 0.2) is 5.58 Å². The van der Waals surface area contributed by atoms with Crippen LogP contribution in [-0.2, 0) is 0 Å². The van der Waals surface area contributed by atoms with Crippen LogP contribution >= 0.6 is 0 Å². The Hall–Kier alpha value is -9.42. The number of nitriles is 2. The number of aromatic nitrogens is 2. The lowest BCUT2D eigenvalue weighted by Gasteiger charge is -2.18. The van der Waals surface area contributed by atoms with E-state index < -0.39 is 0 Å². The highest BCUT2D eigenvalue weighted by atomic mass is 16.3. The van der Waals surface area contributed by atoms with Crippen LogP contribution in [0.4, 0.5) is 0 Å². The average molecular weight is 853 g/mol. The molecule has 3 heterocycles. The van der Waals surface area contributed by atoms with Crippen molar-refractivity contribution in [2.24, 2.45) is 0 Å². The third-order valence-corrected chi connectivity index (χ3v) is 13.4. The van der Waals surface area contributed by atoms with Gasteiger partial charge in [0.25, 0.3) is 0 Å². The molecule has 0 aliphatic carbocycles. The van der Waals surface area contributed by atoms with Crippen LogP contribution in [0, 0.1) is 22.7 Å². The minimum absolute atomic E-state index is 0.235. The molecule has 0 aliphatic rings. The number of para-hydroxylation sites is 1. The van der Waals surface area contributed by atoms with E-state index in [1.807, 2.05) is 42.5 Å². The molecule has 13 rings (SSSR count). The van der Waals surface area contributed by atoms with Crippen LogP contribution < -0.4 is 0 Å². The van der Waals surface area contributed by atoms with Crippen LogP contribution in [0.1, 0.15) is 11.1 Å². The van der Waals surface area contributed by atoms with Gasteiger partial charge in [0.05, 0.1) is 44.3 Å². The third kappa shape index (κ3) is 5.86. The third-order valence-electron chi connectivity index (χ3n) is 13.4. The van der Waals surface area contributed by atoms with Gasteiger partial charge in [-0.15, -0.1) is 0 Å². The molecule has 0 aliphatic heterocycles. The molecular formula is C62H36N4O. The Labute approximate surface area is 385 Å². The molecule has 0 fully saturated rings. The van der Waals surface area contributed by atoms with E-state index in [0.29, 0.717) is 22.5 Å². The second-order valence-corrected chi connectivity index (χ2v) is 17.0. The molecular weight excluding hydrogens is 817 g/mol. The van der Waals surface area contributed by atoms with Crippen molar-refractivity contribution >= 4 is 65.6 Å². The van der Waals surface area contributed by atoms with Gasteiger partial charge in [0.2, 0.25) is 0 Å². The summed E-state index contributed by atoms with van der Waals surface area (Å²) >= 11 is 0. The Bertz CT molecular complexity index is 4010. The van der Waals surface area contributed by atoms with Crippen molar-refractivity contribution in [2.75, 3.05) is 0 Å². The molecule has 10 aromatic carbocycles. The highest BCUT2D eigenvalue weighted by Crippen LogP contribution is 2.48. The fraction of sp³-hybridized carbons (Fsp3) is 0. The molecule has 0 saturated carbocycles. The Morgan fingerprint density at radius 2 is 0.642 bits per heavy atom. The molecule has 13 aromatic rings. The summed E-state index contributed by atoms with van der Waals surface area (Å²) in [6.45, 7) is 0. The standard InChI is InChI=1S/C62H36N4O/c63-37-52-53(38-64)61(66-56-31-27-45(41-19-9-3-10-20-41)35-50(56)51-36-46(28-32-57(51)66)42-21-11-4-12-22-42)62-59(47-23-13-14-24-58(47)67-62)60(52)65-54-29-25-43(39-15-5-1-6-16-39)33-48(54)49-34-44(26-30-55(49)65)40-17-7-2-8-18-40/h1-36H. The van der Waals surface area contributed by atoms with E-state index in [2.05, 4.69) is 197 Å². The normalized spacial score (nSPS) is 11.6. The van der Waals surface area contributed by atoms with E-state index >= 15 is 0 Å². The molecule has 0 atom stereocenters. The molecule has 0 spiro atoms. The summed E-state index contributed by atoms with van der Waals surface area (Å²) in [4.78, 5) is 0. The Kier molecular flexibility index (Phi) is 8.58. The molecule has 0 amide bonds. The fourth-order valence-corrected chi connectivity index (χ4v) is 10.3. The van der Waals surface area contributed by atoms with Crippen molar-refractivity contribution in [3.8, 4) is 68.0 Å². The lowest BCUT2D eigenvalue weighted by atomic mass is 9.98. The minimum Gasteiger partial charge on any atom is -0.454 e. The van der Waals surface area contributed by atoms with Crippen LogP contribution in [0.3, 0.4) is 0 Å². The monoisotopic (exact) mass is 852 g/mol. The van der Waals surface area contributed by atoms with Crippen molar-refractivity contribution < 1.29 is 4.42 Å². The SMILES string of the molecule is N#Cc1c(C#N)c(-n2c3ccc(-c4ccccc4)cc3c3cc(-c4ccccc4)ccc32)c2c(oc3ccccc32)c1-n1c2ccc(-c3ccccc3)cc2c2cc(-c3ccccc3)ccc21. The topological polar surface area (TPSA) is 70.6 Å². The van der Waals surface area contributed by atoms with Gasteiger partial charge in [-0.25, -0.2) is 0 Å². The van der Waals surface area contributed by atoms with Crippen LogP contribution in [0.25, 0.3) is 121 Å². The van der Waals surface area contributed by atoms with E-state index in [4.69, 9.17) is 4.42 Å². The predicted octanol–water partition coefficient (Wildman–Crippen LogP) is 16.2. The average Bonchev–Trinajstić information content (AvgIpc) is 4.06. The fourth-order valence-electron chi connectivity index (χ4n) is 10.3. The van der Waals surface area contributed by atoms with Gasteiger partial charge in [0.1, 0.15) is 23.4 Å². The summed E-state index contributed by atoms with van der Waals surface area (Å²) in [5.74, 6) is 0. The lowest BCUT2D eigenvalue weighted by Crippen LogP contribution is -2.07. The van der Waals surface area contributed by atoms with Crippen LogP contribution in [0.5, 0.6) is 0 Å². The zero-order valence-electron chi connectivity index (χ0n) is 36.0. The van der Waals surface area contributed by atoms with Crippen LogP contribution in [0.2, 0.25) is 0 Å².